The Hall–Kier alpha value is -0.830. The third-order valence-electron chi connectivity index (χ3n) is 4.36. The number of halogens is 1. The van der Waals surface area contributed by atoms with Crippen molar-refractivity contribution in [2.75, 3.05) is 5.33 Å². The standard InChI is InChI=1S/C16H23BrN2/c1-4-16(5-2,12-17)11-14-13-9-7-8-10-15(13)19(6-3)18-14/h7-10H,4-6,11-12H2,1-3H3. The molecule has 1 heterocycles. The average Bonchev–Trinajstić information content (AvgIpc) is 2.83. The van der Waals surface area contributed by atoms with Crippen LogP contribution >= 0.6 is 15.9 Å². The van der Waals surface area contributed by atoms with E-state index in [4.69, 9.17) is 5.10 Å². The van der Waals surface area contributed by atoms with Gasteiger partial charge >= 0.3 is 0 Å². The Morgan fingerprint density at radius 2 is 1.84 bits per heavy atom. The molecule has 0 fully saturated rings. The maximum absolute atomic E-state index is 4.83. The van der Waals surface area contributed by atoms with Crippen LogP contribution in [0.4, 0.5) is 0 Å². The minimum absolute atomic E-state index is 0.329. The second kappa shape index (κ2) is 6.08. The van der Waals surface area contributed by atoms with Gasteiger partial charge in [-0.25, -0.2) is 0 Å². The molecule has 0 atom stereocenters. The Morgan fingerprint density at radius 3 is 2.42 bits per heavy atom. The molecule has 1 aromatic carbocycles. The van der Waals surface area contributed by atoms with E-state index in [0.29, 0.717) is 5.41 Å². The molecule has 0 N–H and O–H groups in total. The van der Waals surface area contributed by atoms with E-state index in [9.17, 15) is 0 Å². The first-order valence-electron chi connectivity index (χ1n) is 7.20. The van der Waals surface area contributed by atoms with Crippen LogP contribution in [0.1, 0.15) is 39.3 Å². The van der Waals surface area contributed by atoms with E-state index >= 15 is 0 Å². The molecule has 0 aliphatic heterocycles. The van der Waals surface area contributed by atoms with Crippen molar-refractivity contribution in [1.29, 1.82) is 0 Å². The van der Waals surface area contributed by atoms with Gasteiger partial charge in [0.05, 0.1) is 11.2 Å². The Morgan fingerprint density at radius 1 is 1.16 bits per heavy atom. The third-order valence-corrected chi connectivity index (χ3v) is 5.55. The molecular weight excluding hydrogens is 300 g/mol. The Kier molecular flexibility index (Phi) is 4.67. The molecule has 1 aromatic heterocycles. The second-order valence-corrected chi connectivity index (χ2v) is 5.86. The molecule has 0 bridgehead atoms. The number of hydrogen-bond donors (Lipinski definition) is 0. The van der Waals surface area contributed by atoms with Crippen molar-refractivity contribution in [3.8, 4) is 0 Å². The fourth-order valence-electron chi connectivity index (χ4n) is 2.66. The lowest BCUT2D eigenvalue weighted by molar-refractivity contribution is 0.303. The van der Waals surface area contributed by atoms with Crippen molar-refractivity contribution >= 4 is 26.8 Å². The predicted octanol–water partition coefficient (Wildman–Crippen LogP) is 4.80. The van der Waals surface area contributed by atoms with Gasteiger partial charge in [0.25, 0.3) is 0 Å². The molecule has 0 aliphatic rings. The molecule has 0 unspecified atom stereocenters. The van der Waals surface area contributed by atoms with E-state index < -0.39 is 0 Å². The second-order valence-electron chi connectivity index (χ2n) is 5.30. The molecule has 104 valence electrons. The quantitative estimate of drug-likeness (QED) is 0.698. The largest absolute Gasteiger partial charge is 0.265 e. The van der Waals surface area contributed by atoms with Crippen molar-refractivity contribution in [2.45, 2.75) is 46.6 Å². The maximum Gasteiger partial charge on any atom is 0.0709 e. The number of para-hydroxylation sites is 1. The lowest BCUT2D eigenvalue weighted by Gasteiger charge is -2.28. The minimum atomic E-state index is 0.329. The Balaban J connectivity index is 2.45. The summed E-state index contributed by atoms with van der Waals surface area (Å²) >= 11 is 3.70. The van der Waals surface area contributed by atoms with Crippen LogP contribution in [-0.2, 0) is 13.0 Å². The topological polar surface area (TPSA) is 17.8 Å². The zero-order valence-electron chi connectivity index (χ0n) is 12.1. The SMILES string of the molecule is CCn1nc(CC(CC)(CC)CBr)c2ccccc21. The van der Waals surface area contributed by atoms with Crippen molar-refractivity contribution in [1.82, 2.24) is 9.78 Å². The van der Waals surface area contributed by atoms with Gasteiger partial charge < -0.3 is 0 Å². The molecule has 0 spiro atoms. The van der Waals surface area contributed by atoms with Crippen LogP contribution in [0.25, 0.3) is 10.9 Å². The Labute approximate surface area is 124 Å². The first-order valence-corrected chi connectivity index (χ1v) is 8.32. The van der Waals surface area contributed by atoms with Gasteiger partial charge in [-0.05, 0) is 37.7 Å². The normalized spacial score (nSPS) is 12.2. The molecule has 2 nitrogen and oxygen atoms in total. The van der Waals surface area contributed by atoms with Gasteiger partial charge in [0.2, 0.25) is 0 Å². The monoisotopic (exact) mass is 322 g/mol. The molecular formula is C16H23BrN2. The van der Waals surface area contributed by atoms with Gasteiger partial charge in [-0.3, -0.25) is 4.68 Å². The number of fused-ring (bicyclic) bond motifs is 1. The van der Waals surface area contributed by atoms with E-state index in [0.717, 1.165) is 18.3 Å². The van der Waals surface area contributed by atoms with Crippen molar-refractivity contribution in [2.24, 2.45) is 5.41 Å². The van der Waals surface area contributed by atoms with Crippen molar-refractivity contribution in [3.05, 3.63) is 30.0 Å². The summed E-state index contributed by atoms with van der Waals surface area (Å²) in [5, 5.41) is 7.19. The summed E-state index contributed by atoms with van der Waals surface area (Å²) in [5.74, 6) is 0. The molecule has 0 saturated carbocycles. The van der Waals surface area contributed by atoms with E-state index in [1.54, 1.807) is 0 Å². The van der Waals surface area contributed by atoms with Crippen LogP contribution in [0.15, 0.2) is 24.3 Å². The molecule has 0 saturated heterocycles. The van der Waals surface area contributed by atoms with E-state index in [1.807, 2.05) is 0 Å². The highest BCUT2D eigenvalue weighted by Gasteiger charge is 2.27. The summed E-state index contributed by atoms with van der Waals surface area (Å²) in [6, 6.07) is 8.58. The molecule has 3 heteroatoms. The van der Waals surface area contributed by atoms with Crippen LogP contribution < -0.4 is 0 Å². The van der Waals surface area contributed by atoms with E-state index in [2.05, 4.69) is 65.6 Å². The lowest BCUT2D eigenvalue weighted by Crippen LogP contribution is -2.24. The summed E-state index contributed by atoms with van der Waals surface area (Å²) in [4.78, 5) is 0. The third kappa shape index (κ3) is 2.71. The number of aromatic nitrogens is 2. The van der Waals surface area contributed by atoms with Crippen LogP contribution in [0.3, 0.4) is 0 Å². The van der Waals surface area contributed by atoms with Gasteiger partial charge in [0.15, 0.2) is 0 Å². The van der Waals surface area contributed by atoms with Crippen molar-refractivity contribution in [3.63, 3.8) is 0 Å². The minimum Gasteiger partial charge on any atom is -0.265 e. The number of rotatable bonds is 6. The van der Waals surface area contributed by atoms with Gasteiger partial charge in [-0.1, -0.05) is 48.0 Å². The highest BCUT2D eigenvalue weighted by molar-refractivity contribution is 9.09. The smallest absolute Gasteiger partial charge is 0.0709 e. The molecule has 19 heavy (non-hydrogen) atoms. The highest BCUT2D eigenvalue weighted by Crippen LogP contribution is 2.34. The summed E-state index contributed by atoms with van der Waals surface area (Å²) in [6.45, 7) is 7.65. The molecule has 2 aromatic rings. The van der Waals surface area contributed by atoms with E-state index in [1.165, 1.54) is 29.4 Å². The van der Waals surface area contributed by atoms with Crippen LogP contribution in [-0.4, -0.2) is 15.1 Å². The molecule has 0 radical (unpaired) electrons. The highest BCUT2D eigenvalue weighted by atomic mass is 79.9. The Bertz CT molecular complexity index is 532. The number of nitrogens with zero attached hydrogens (tertiary/aromatic N) is 2. The fraction of sp³-hybridized carbons (Fsp3) is 0.562. The molecule has 0 aliphatic carbocycles. The van der Waals surface area contributed by atoms with Crippen molar-refractivity contribution < 1.29 is 0 Å². The summed E-state index contributed by atoms with van der Waals surface area (Å²) < 4.78 is 2.12. The first-order chi connectivity index (χ1) is 9.19. The van der Waals surface area contributed by atoms with Crippen LogP contribution in [0, 0.1) is 5.41 Å². The van der Waals surface area contributed by atoms with Gasteiger partial charge in [0, 0.05) is 17.3 Å². The zero-order valence-corrected chi connectivity index (χ0v) is 13.7. The zero-order chi connectivity index (χ0) is 13.9. The predicted molar refractivity (Wildman–Crippen MR) is 85.9 cm³/mol. The van der Waals surface area contributed by atoms with E-state index in [-0.39, 0.29) is 0 Å². The molecule has 2 rings (SSSR count). The number of benzene rings is 1. The van der Waals surface area contributed by atoms with Crippen LogP contribution in [0.5, 0.6) is 0 Å². The van der Waals surface area contributed by atoms with Gasteiger partial charge in [-0.15, -0.1) is 0 Å². The fourth-order valence-corrected chi connectivity index (χ4v) is 3.65. The lowest BCUT2D eigenvalue weighted by atomic mass is 9.80. The van der Waals surface area contributed by atoms with Gasteiger partial charge in [-0.2, -0.15) is 5.10 Å². The number of alkyl halides is 1. The number of aryl methyl sites for hydroxylation is 1. The first kappa shape index (κ1) is 14.6. The molecule has 0 amide bonds. The van der Waals surface area contributed by atoms with Gasteiger partial charge in [0.1, 0.15) is 0 Å². The maximum atomic E-state index is 4.83. The number of hydrogen-bond acceptors (Lipinski definition) is 1. The van der Waals surface area contributed by atoms with Crippen LogP contribution in [0.2, 0.25) is 0 Å². The average molecular weight is 323 g/mol. The summed E-state index contributed by atoms with van der Waals surface area (Å²) in [6.07, 6.45) is 3.42. The summed E-state index contributed by atoms with van der Waals surface area (Å²) in [5.41, 5.74) is 2.84. The summed E-state index contributed by atoms with van der Waals surface area (Å²) in [7, 11) is 0.